The summed E-state index contributed by atoms with van der Waals surface area (Å²) < 4.78 is 27.4. The van der Waals surface area contributed by atoms with E-state index in [1.165, 1.54) is 6.07 Å². The van der Waals surface area contributed by atoms with Crippen LogP contribution in [0.4, 0.5) is 0 Å². The van der Waals surface area contributed by atoms with E-state index in [0.29, 0.717) is 12.8 Å². The number of sulfonamides is 1. The fourth-order valence-corrected chi connectivity index (χ4v) is 5.43. The molecule has 1 aliphatic carbocycles. The topological polar surface area (TPSA) is 83.5 Å². The van der Waals surface area contributed by atoms with E-state index < -0.39 is 21.5 Å². The van der Waals surface area contributed by atoms with Crippen LogP contribution in [0.3, 0.4) is 0 Å². The zero-order valence-corrected chi connectivity index (χ0v) is 13.2. The van der Waals surface area contributed by atoms with Gasteiger partial charge in [0.15, 0.2) is 0 Å². The van der Waals surface area contributed by atoms with Gasteiger partial charge in [-0.2, -0.15) is 4.72 Å². The second-order valence-corrected chi connectivity index (χ2v) is 8.76. The van der Waals surface area contributed by atoms with E-state index in [1.54, 1.807) is 6.07 Å². The average molecular weight is 317 g/mol. The maximum absolute atomic E-state index is 12.4. The van der Waals surface area contributed by atoms with E-state index in [1.807, 2.05) is 13.8 Å². The number of aliphatic carboxylic acids is 1. The average Bonchev–Trinajstić information content (AvgIpc) is 2.76. The number of carboxylic acids is 1. The molecule has 2 unspecified atom stereocenters. The first-order chi connectivity index (χ1) is 9.25. The lowest BCUT2D eigenvalue weighted by molar-refractivity contribution is -0.146. The van der Waals surface area contributed by atoms with Gasteiger partial charge in [0.2, 0.25) is 0 Å². The number of aryl methyl sites for hydroxylation is 1. The lowest BCUT2D eigenvalue weighted by atomic mass is 9.77. The molecule has 112 valence electrons. The normalized spacial score (nSPS) is 27.4. The van der Waals surface area contributed by atoms with Crippen LogP contribution in [-0.4, -0.2) is 25.0 Å². The maximum atomic E-state index is 12.4. The van der Waals surface area contributed by atoms with Crippen molar-refractivity contribution in [1.29, 1.82) is 0 Å². The minimum absolute atomic E-state index is 0.175. The molecule has 1 aliphatic rings. The van der Waals surface area contributed by atoms with Crippen LogP contribution in [-0.2, 0) is 14.8 Å². The molecule has 2 N–H and O–H groups in total. The molecule has 1 aromatic heterocycles. The highest BCUT2D eigenvalue weighted by Crippen LogP contribution is 2.34. The van der Waals surface area contributed by atoms with Crippen molar-refractivity contribution in [2.45, 2.75) is 49.3 Å². The Labute approximate surface area is 123 Å². The lowest BCUT2D eigenvalue weighted by Gasteiger charge is -2.36. The van der Waals surface area contributed by atoms with E-state index in [9.17, 15) is 18.3 Å². The van der Waals surface area contributed by atoms with Crippen molar-refractivity contribution < 1.29 is 18.3 Å². The van der Waals surface area contributed by atoms with Crippen LogP contribution in [0, 0.1) is 12.8 Å². The van der Waals surface area contributed by atoms with E-state index in [2.05, 4.69) is 4.72 Å². The van der Waals surface area contributed by atoms with Gasteiger partial charge in [0.05, 0.1) is 0 Å². The van der Waals surface area contributed by atoms with E-state index in [4.69, 9.17) is 0 Å². The van der Waals surface area contributed by atoms with Crippen LogP contribution in [0.1, 0.15) is 37.5 Å². The zero-order chi connectivity index (χ0) is 15.0. The molecule has 0 radical (unpaired) electrons. The van der Waals surface area contributed by atoms with Gasteiger partial charge >= 0.3 is 5.97 Å². The summed E-state index contributed by atoms with van der Waals surface area (Å²) in [5.41, 5.74) is -1.37. The van der Waals surface area contributed by atoms with Crippen molar-refractivity contribution in [3.63, 3.8) is 0 Å². The Morgan fingerprint density at radius 1 is 1.50 bits per heavy atom. The van der Waals surface area contributed by atoms with Crippen molar-refractivity contribution in [2.75, 3.05) is 0 Å². The molecule has 1 saturated carbocycles. The molecule has 2 atom stereocenters. The van der Waals surface area contributed by atoms with Crippen LogP contribution in [0.5, 0.6) is 0 Å². The van der Waals surface area contributed by atoms with Crippen LogP contribution in [0.15, 0.2) is 16.3 Å². The Hall–Kier alpha value is -0.920. The van der Waals surface area contributed by atoms with Crippen molar-refractivity contribution in [3.8, 4) is 0 Å². The van der Waals surface area contributed by atoms with E-state index in [0.717, 1.165) is 29.1 Å². The van der Waals surface area contributed by atoms with Gasteiger partial charge in [0.25, 0.3) is 10.0 Å². The Bertz CT molecular complexity index is 608. The Morgan fingerprint density at radius 3 is 2.70 bits per heavy atom. The molecule has 0 bridgehead atoms. The summed E-state index contributed by atoms with van der Waals surface area (Å²) in [6.07, 6.45) is 2.34. The lowest BCUT2D eigenvalue weighted by Crippen LogP contribution is -2.56. The van der Waals surface area contributed by atoms with Gasteiger partial charge in [-0.1, -0.05) is 19.8 Å². The fraction of sp³-hybridized carbons (Fsp3) is 0.615. The fourth-order valence-electron chi connectivity index (χ4n) is 2.75. The Morgan fingerprint density at radius 2 is 2.20 bits per heavy atom. The number of rotatable bonds is 4. The van der Waals surface area contributed by atoms with Crippen molar-refractivity contribution >= 4 is 27.3 Å². The first-order valence-electron chi connectivity index (χ1n) is 6.59. The molecular formula is C13H19NO4S2. The van der Waals surface area contributed by atoms with Crippen LogP contribution < -0.4 is 4.72 Å². The first-order valence-corrected chi connectivity index (χ1v) is 8.89. The third-order valence-corrected chi connectivity index (χ3v) is 6.75. The molecule has 5 nitrogen and oxygen atoms in total. The smallest absolute Gasteiger partial charge is 0.324 e. The van der Waals surface area contributed by atoms with Gasteiger partial charge in [0, 0.05) is 4.88 Å². The summed E-state index contributed by atoms with van der Waals surface area (Å²) in [6, 6.07) is 3.24. The molecule has 1 fully saturated rings. The van der Waals surface area contributed by atoms with Gasteiger partial charge < -0.3 is 5.11 Å². The highest BCUT2D eigenvalue weighted by Gasteiger charge is 2.45. The van der Waals surface area contributed by atoms with Crippen molar-refractivity contribution in [1.82, 2.24) is 4.72 Å². The number of carboxylic acid groups (broad SMARTS) is 1. The second kappa shape index (κ2) is 5.46. The molecule has 7 heteroatoms. The minimum atomic E-state index is -3.78. The van der Waals surface area contributed by atoms with Gasteiger partial charge in [-0.15, -0.1) is 11.3 Å². The SMILES string of the molecule is Cc1ccc(S(=O)(=O)NC2(C(=O)O)CCCC(C)C2)s1. The maximum Gasteiger partial charge on any atom is 0.324 e. The van der Waals surface area contributed by atoms with Crippen LogP contribution in [0.25, 0.3) is 0 Å². The van der Waals surface area contributed by atoms with Crippen LogP contribution in [0.2, 0.25) is 0 Å². The highest BCUT2D eigenvalue weighted by atomic mass is 32.2. The number of hydrogen-bond acceptors (Lipinski definition) is 4. The van der Waals surface area contributed by atoms with E-state index in [-0.39, 0.29) is 10.1 Å². The predicted molar refractivity (Wildman–Crippen MR) is 77.4 cm³/mol. The quantitative estimate of drug-likeness (QED) is 0.893. The summed E-state index contributed by atoms with van der Waals surface area (Å²) in [7, 11) is -3.78. The van der Waals surface area contributed by atoms with Gasteiger partial charge in [-0.05, 0) is 37.8 Å². The second-order valence-electron chi connectivity index (χ2n) is 5.56. The van der Waals surface area contributed by atoms with Crippen LogP contribution >= 0.6 is 11.3 Å². The molecule has 1 aromatic rings. The summed E-state index contributed by atoms with van der Waals surface area (Å²) in [5, 5.41) is 9.50. The summed E-state index contributed by atoms with van der Waals surface area (Å²) in [4.78, 5) is 12.5. The monoisotopic (exact) mass is 317 g/mol. The molecule has 1 heterocycles. The van der Waals surface area contributed by atoms with E-state index >= 15 is 0 Å². The van der Waals surface area contributed by atoms with Crippen molar-refractivity contribution in [2.24, 2.45) is 5.92 Å². The summed E-state index contributed by atoms with van der Waals surface area (Å²) >= 11 is 1.15. The molecule has 20 heavy (non-hydrogen) atoms. The van der Waals surface area contributed by atoms with Gasteiger partial charge in [-0.25, -0.2) is 8.42 Å². The summed E-state index contributed by atoms with van der Waals surface area (Å²) in [6.45, 7) is 3.78. The number of thiophene rings is 1. The number of nitrogens with one attached hydrogen (secondary N) is 1. The predicted octanol–water partition coefficient (Wildman–Crippen LogP) is 2.37. The van der Waals surface area contributed by atoms with Gasteiger partial charge in [0.1, 0.15) is 9.75 Å². The molecule has 0 saturated heterocycles. The van der Waals surface area contributed by atoms with Gasteiger partial charge in [-0.3, -0.25) is 4.79 Å². The molecule has 0 amide bonds. The Kier molecular flexibility index (Phi) is 4.22. The molecule has 2 rings (SSSR count). The molecule has 0 spiro atoms. The molecule has 0 aliphatic heterocycles. The third-order valence-electron chi connectivity index (χ3n) is 3.72. The third kappa shape index (κ3) is 3.05. The molecular weight excluding hydrogens is 298 g/mol. The molecule has 0 aromatic carbocycles. The van der Waals surface area contributed by atoms with Crippen molar-refractivity contribution in [3.05, 3.63) is 17.0 Å². The highest BCUT2D eigenvalue weighted by molar-refractivity contribution is 7.91. The summed E-state index contributed by atoms with van der Waals surface area (Å²) in [5.74, 6) is -0.881. The minimum Gasteiger partial charge on any atom is -0.480 e. The first kappa shape index (κ1) is 15.5. The largest absolute Gasteiger partial charge is 0.480 e. The number of hydrogen-bond donors (Lipinski definition) is 2. The Balaban J connectivity index is 2.31. The number of carbonyl (C=O) groups is 1. The zero-order valence-electron chi connectivity index (χ0n) is 11.5. The standard InChI is InChI=1S/C13H19NO4S2/c1-9-4-3-7-13(8-9,12(15)16)14-20(17,18)11-6-5-10(2)19-11/h5-6,9,14H,3-4,7-8H2,1-2H3,(H,15,16).